The fraction of sp³-hybridized carbons (Fsp3) is 0.500. The van der Waals surface area contributed by atoms with Crippen molar-refractivity contribution in [2.45, 2.75) is 6.92 Å². The van der Waals surface area contributed by atoms with E-state index >= 15 is 0 Å². The molecule has 0 heterocycles. The van der Waals surface area contributed by atoms with Crippen LogP contribution < -0.4 is 10.2 Å². The molecule has 1 rings (SSSR count). The summed E-state index contributed by atoms with van der Waals surface area (Å²) in [6, 6.07) is 8.27. The number of para-hydroxylation sites is 2. The molecule has 0 spiro atoms. The number of ether oxygens (including phenoxy) is 1. The highest BCUT2D eigenvalue weighted by atomic mass is 16.5. The smallest absolute Gasteiger partial charge is 0.0638 e. The molecule has 3 heteroatoms. The summed E-state index contributed by atoms with van der Waals surface area (Å²) < 4.78 is 5.28. The van der Waals surface area contributed by atoms with E-state index in [0.29, 0.717) is 0 Å². The first-order chi connectivity index (χ1) is 7.25. The van der Waals surface area contributed by atoms with Crippen molar-refractivity contribution < 1.29 is 4.74 Å². The Morgan fingerprint density at radius 3 is 2.67 bits per heavy atom. The SMILES string of the molecule is CCOCCNc1ccccc1N(C)C. The normalized spacial score (nSPS) is 10.1. The lowest BCUT2D eigenvalue weighted by molar-refractivity contribution is 0.158. The molecule has 3 nitrogen and oxygen atoms in total. The van der Waals surface area contributed by atoms with Gasteiger partial charge in [0, 0.05) is 27.2 Å². The summed E-state index contributed by atoms with van der Waals surface area (Å²) >= 11 is 0. The molecule has 0 saturated carbocycles. The Balaban J connectivity index is 2.52. The molecule has 0 aliphatic carbocycles. The fourth-order valence-electron chi connectivity index (χ4n) is 1.42. The van der Waals surface area contributed by atoms with Crippen molar-refractivity contribution in [3.8, 4) is 0 Å². The minimum absolute atomic E-state index is 0.748. The van der Waals surface area contributed by atoms with Crippen molar-refractivity contribution in [3.63, 3.8) is 0 Å². The van der Waals surface area contributed by atoms with E-state index < -0.39 is 0 Å². The summed E-state index contributed by atoms with van der Waals surface area (Å²) in [4.78, 5) is 2.10. The van der Waals surface area contributed by atoms with E-state index in [9.17, 15) is 0 Å². The van der Waals surface area contributed by atoms with Gasteiger partial charge in [0.15, 0.2) is 0 Å². The van der Waals surface area contributed by atoms with Crippen LogP contribution >= 0.6 is 0 Å². The molecule has 0 atom stereocenters. The summed E-state index contributed by atoms with van der Waals surface area (Å²) in [6.45, 7) is 4.38. The van der Waals surface area contributed by atoms with E-state index in [4.69, 9.17) is 4.74 Å². The van der Waals surface area contributed by atoms with E-state index in [1.54, 1.807) is 0 Å². The first-order valence-electron chi connectivity index (χ1n) is 5.33. The van der Waals surface area contributed by atoms with Gasteiger partial charge in [-0.3, -0.25) is 0 Å². The van der Waals surface area contributed by atoms with E-state index in [2.05, 4.69) is 22.3 Å². The van der Waals surface area contributed by atoms with Crippen LogP contribution in [-0.2, 0) is 4.74 Å². The Morgan fingerprint density at radius 2 is 2.00 bits per heavy atom. The maximum Gasteiger partial charge on any atom is 0.0638 e. The Bertz CT molecular complexity index is 287. The lowest BCUT2D eigenvalue weighted by atomic mass is 10.2. The second-order valence-corrected chi connectivity index (χ2v) is 3.54. The largest absolute Gasteiger partial charge is 0.381 e. The third kappa shape index (κ3) is 3.80. The van der Waals surface area contributed by atoms with Crippen LogP contribution in [0.5, 0.6) is 0 Å². The molecular formula is C12H20N2O. The molecule has 0 radical (unpaired) electrons. The van der Waals surface area contributed by atoms with Gasteiger partial charge in [-0.05, 0) is 19.1 Å². The van der Waals surface area contributed by atoms with Crippen LogP contribution in [0.1, 0.15) is 6.92 Å². The van der Waals surface area contributed by atoms with Crippen molar-refractivity contribution in [2.75, 3.05) is 44.1 Å². The molecule has 0 unspecified atom stereocenters. The predicted octanol–water partition coefficient (Wildman–Crippen LogP) is 2.20. The van der Waals surface area contributed by atoms with Crippen molar-refractivity contribution >= 4 is 11.4 Å². The van der Waals surface area contributed by atoms with Crippen LogP contribution in [-0.4, -0.2) is 33.9 Å². The number of anilines is 2. The van der Waals surface area contributed by atoms with E-state index in [1.165, 1.54) is 5.69 Å². The maximum atomic E-state index is 5.28. The molecule has 1 aromatic rings. The lowest BCUT2D eigenvalue weighted by Gasteiger charge is -2.18. The van der Waals surface area contributed by atoms with Crippen LogP contribution in [0.4, 0.5) is 11.4 Å². The van der Waals surface area contributed by atoms with Crippen LogP contribution in [0.15, 0.2) is 24.3 Å². The van der Waals surface area contributed by atoms with E-state index in [1.807, 2.05) is 33.2 Å². The summed E-state index contributed by atoms with van der Waals surface area (Å²) in [7, 11) is 4.09. The zero-order valence-corrected chi connectivity index (χ0v) is 9.79. The monoisotopic (exact) mass is 208 g/mol. The molecular weight excluding hydrogens is 188 g/mol. The third-order valence-corrected chi connectivity index (χ3v) is 2.15. The number of hydrogen-bond donors (Lipinski definition) is 1. The average molecular weight is 208 g/mol. The molecule has 0 fully saturated rings. The summed E-state index contributed by atoms with van der Waals surface area (Å²) in [5.74, 6) is 0. The molecule has 0 aliphatic rings. The van der Waals surface area contributed by atoms with Crippen LogP contribution in [0.2, 0.25) is 0 Å². The van der Waals surface area contributed by atoms with Gasteiger partial charge >= 0.3 is 0 Å². The molecule has 0 saturated heterocycles. The van der Waals surface area contributed by atoms with E-state index in [-0.39, 0.29) is 0 Å². The predicted molar refractivity (Wildman–Crippen MR) is 65.8 cm³/mol. The van der Waals surface area contributed by atoms with Gasteiger partial charge in [-0.1, -0.05) is 12.1 Å². The Kier molecular flexibility index (Phi) is 4.98. The summed E-state index contributed by atoms with van der Waals surface area (Å²) in [5.41, 5.74) is 2.36. The van der Waals surface area contributed by atoms with Crippen molar-refractivity contribution in [1.29, 1.82) is 0 Å². The second kappa shape index (κ2) is 6.30. The second-order valence-electron chi connectivity index (χ2n) is 3.54. The van der Waals surface area contributed by atoms with Crippen LogP contribution in [0, 0.1) is 0 Å². The van der Waals surface area contributed by atoms with Gasteiger partial charge in [0.05, 0.1) is 18.0 Å². The molecule has 0 amide bonds. The summed E-state index contributed by atoms with van der Waals surface area (Å²) in [6.07, 6.45) is 0. The molecule has 0 aromatic heterocycles. The van der Waals surface area contributed by atoms with Gasteiger partial charge in [0.25, 0.3) is 0 Å². The highest BCUT2D eigenvalue weighted by Crippen LogP contribution is 2.22. The highest BCUT2D eigenvalue weighted by molar-refractivity contribution is 5.69. The molecule has 1 aromatic carbocycles. The van der Waals surface area contributed by atoms with E-state index in [0.717, 1.165) is 25.4 Å². The number of rotatable bonds is 6. The topological polar surface area (TPSA) is 24.5 Å². The van der Waals surface area contributed by atoms with Gasteiger partial charge < -0.3 is 15.0 Å². The zero-order valence-electron chi connectivity index (χ0n) is 9.79. The third-order valence-electron chi connectivity index (χ3n) is 2.15. The van der Waals surface area contributed by atoms with Crippen molar-refractivity contribution in [2.24, 2.45) is 0 Å². The fourth-order valence-corrected chi connectivity index (χ4v) is 1.42. The lowest BCUT2D eigenvalue weighted by Crippen LogP contribution is -2.14. The Morgan fingerprint density at radius 1 is 1.27 bits per heavy atom. The molecule has 84 valence electrons. The minimum Gasteiger partial charge on any atom is -0.381 e. The first-order valence-corrected chi connectivity index (χ1v) is 5.33. The molecule has 0 aliphatic heterocycles. The van der Waals surface area contributed by atoms with Gasteiger partial charge in [0.2, 0.25) is 0 Å². The maximum absolute atomic E-state index is 5.28. The number of benzene rings is 1. The zero-order chi connectivity index (χ0) is 11.1. The minimum atomic E-state index is 0.748. The van der Waals surface area contributed by atoms with Gasteiger partial charge in [0.1, 0.15) is 0 Å². The quantitative estimate of drug-likeness (QED) is 0.725. The van der Waals surface area contributed by atoms with Crippen LogP contribution in [0.25, 0.3) is 0 Å². The standard InChI is InChI=1S/C12H20N2O/c1-4-15-10-9-13-11-7-5-6-8-12(11)14(2)3/h5-8,13H,4,9-10H2,1-3H3. The first kappa shape index (κ1) is 11.9. The highest BCUT2D eigenvalue weighted by Gasteiger charge is 2.01. The van der Waals surface area contributed by atoms with Crippen LogP contribution in [0.3, 0.4) is 0 Å². The number of nitrogens with one attached hydrogen (secondary N) is 1. The number of hydrogen-bond acceptors (Lipinski definition) is 3. The summed E-state index contributed by atoms with van der Waals surface area (Å²) in [5, 5.41) is 3.36. The average Bonchev–Trinajstić information content (AvgIpc) is 2.25. The van der Waals surface area contributed by atoms with Gasteiger partial charge in [-0.25, -0.2) is 0 Å². The molecule has 15 heavy (non-hydrogen) atoms. The molecule has 0 bridgehead atoms. The number of nitrogens with zero attached hydrogens (tertiary/aromatic N) is 1. The van der Waals surface area contributed by atoms with Gasteiger partial charge in [-0.15, -0.1) is 0 Å². The molecule has 1 N–H and O–H groups in total. The van der Waals surface area contributed by atoms with Crippen molar-refractivity contribution in [1.82, 2.24) is 0 Å². The Hall–Kier alpha value is -1.22. The van der Waals surface area contributed by atoms with Crippen molar-refractivity contribution in [3.05, 3.63) is 24.3 Å². The Labute approximate surface area is 92.0 Å². The van der Waals surface area contributed by atoms with Gasteiger partial charge in [-0.2, -0.15) is 0 Å².